The molecule has 0 aliphatic carbocycles. The van der Waals surface area contributed by atoms with E-state index >= 15 is 0 Å². The van der Waals surface area contributed by atoms with Crippen molar-refractivity contribution in [1.29, 1.82) is 0 Å². The van der Waals surface area contributed by atoms with Gasteiger partial charge in [0.05, 0.1) is 13.7 Å². The molecule has 0 unspecified atom stereocenters. The highest BCUT2D eigenvalue weighted by Gasteiger charge is 2.15. The molecule has 0 saturated heterocycles. The van der Waals surface area contributed by atoms with E-state index in [1.807, 2.05) is 0 Å². The Morgan fingerprint density at radius 1 is 1.29 bits per heavy atom. The van der Waals surface area contributed by atoms with Gasteiger partial charge >= 0.3 is 5.97 Å². The molecule has 21 heavy (non-hydrogen) atoms. The normalized spacial score (nSPS) is 10.0. The van der Waals surface area contributed by atoms with Gasteiger partial charge in [0.15, 0.2) is 0 Å². The number of H-pyrrole nitrogens is 1. The van der Waals surface area contributed by atoms with Gasteiger partial charge in [-0.1, -0.05) is 0 Å². The van der Waals surface area contributed by atoms with Gasteiger partial charge in [-0.05, 0) is 31.2 Å². The van der Waals surface area contributed by atoms with Crippen molar-refractivity contribution in [2.24, 2.45) is 0 Å². The lowest BCUT2D eigenvalue weighted by Crippen LogP contribution is -2.13. The van der Waals surface area contributed by atoms with E-state index in [0.29, 0.717) is 11.3 Å². The lowest BCUT2D eigenvalue weighted by molar-refractivity contribution is 0.0512. The zero-order chi connectivity index (χ0) is 15.2. The number of nitrogens with one attached hydrogen (secondary N) is 2. The summed E-state index contributed by atoms with van der Waals surface area (Å²) in [6, 6.07) is 6.54. The molecular weight excluding hydrogens is 276 g/mol. The Bertz CT molecular complexity index is 636. The Morgan fingerprint density at radius 2 is 2.00 bits per heavy atom. The van der Waals surface area contributed by atoms with Crippen LogP contribution in [0.2, 0.25) is 0 Å². The topological polar surface area (TPSA) is 106 Å². The molecule has 1 heterocycles. The number of esters is 1. The van der Waals surface area contributed by atoms with Crippen LogP contribution in [-0.4, -0.2) is 40.8 Å². The number of hydrogen-bond acceptors (Lipinski definition) is 6. The molecule has 2 N–H and O–H groups in total. The maximum Gasteiger partial charge on any atom is 0.375 e. The van der Waals surface area contributed by atoms with Crippen molar-refractivity contribution < 1.29 is 19.1 Å². The van der Waals surface area contributed by atoms with Crippen LogP contribution in [0.25, 0.3) is 0 Å². The van der Waals surface area contributed by atoms with E-state index in [-0.39, 0.29) is 18.4 Å². The Labute approximate surface area is 120 Å². The summed E-state index contributed by atoms with van der Waals surface area (Å²) in [6.45, 7) is 1.91. The van der Waals surface area contributed by atoms with Gasteiger partial charge in [0.2, 0.25) is 11.8 Å². The van der Waals surface area contributed by atoms with E-state index in [4.69, 9.17) is 9.47 Å². The molecule has 8 nitrogen and oxygen atoms in total. The molecule has 0 aliphatic heterocycles. The van der Waals surface area contributed by atoms with Crippen molar-refractivity contribution in [3.63, 3.8) is 0 Å². The van der Waals surface area contributed by atoms with Crippen LogP contribution >= 0.6 is 0 Å². The zero-order valence-electron chi connectivity index (χ0n) is 11.5. The van der Waals surface area contributed by atoms with Gasteiger partial charge in [-0.2, -0.15) is 4.98 Å². The van der Waals surface area contributed by atoms with E-state index in [1.165, 1.54) is 0 Å². The summed E-state index contributed by atoms with van der Waals surface area (Å²) in [5.74, 6) is -0.447. The van der Waals surface area contributed by atoms with Crippen molar-refractivity contribution in [1.82, 2.24) is 15.2 Å². The van der Waals surface area contributed by atoms with E-state index in [1.54, 1.807) is 38.3 Å². The Kier molecular flexibility index (Phi) is 4.50. The molecule has 2 aromatic rings. The van der Waals surface area contributed by atoms with Crippen molar-refractivity contribution in [3.8, 4) is 5.75 Å². The summed E-state index contributed by atoms with van der Waals surface area (Å²) in [5.41, 5.74) is 0.415. The van der Waals surface area contributed by atoms with Gasteiger partial charge in [0.1, 0.15) is 5.75 Å². The predicted octanol–water partition coefficient (Wildman–Crippen LogP) is 1.24. The van der Waals surface area contributed by atoms with Crippen LogP contribution in [0.5, 0.6) is 5.75 Å². The summed E-state index contributed by atoms with van der Waals surface area (Å²) in [7, 11) is 1.54. The van der Waals surface area contributed by atoms with Gasteiger partial charge in [-0.15, -0.1) is 5.10 Å². The monoisotopic (exact) mass is 290 g/mol. The third kappa shape index (κ3) is 3.56. The fourth-order valence-electron chi connectivity index (χ4n) is 1.52. The standard InChI is InChI=1S/C13H14N4O4/c1-3-21-12(19)10-14-13(17-16-10)15-11(18)8-4-6-9(20-2)7-5-8/h4-7H,3H2,1-2H3,(H2,14,15,16,17,18). The number of anilines is 1. The summed E-state index contributed by atoms with van der Waals surface area (Å²) in [5, 5.41) is 8.59. The van der Waals surface area contributed by atoms with Gasteiger partial charge in [-0.3, -0.25) is 15.2 Å². The first-order valence-corrected chi connectivity index (χ1v) is 6.19. The number of amides is 1. The first kappa shape index (κ1) is 14.5. The average molecular weight is 290 g/mol. The van der Waals surface area contributed by atoms with E-state index in [2.05, 4.69) is 20.5 Å². The van der Waals surface area contributed by atoms with Crippen LogP contribution in [0, 0.1) is 0 Å². The summed E-state index contributed by atoms with van der Waals surface area (Å²) < 4.78 is 9.76. The largest absolute Gasteiger partial charge is 0.497 e. The van der Waals surface area contributed by atoms with Crippen LogP contribution in [0.3, 0.4) is 0 Å². The predicted molar refractivity (Wildman–Crippen MR) is 73.3 cm³/mol. The fraction of sp³-hybridized carbons (Fsp3) is 0.231. The number of methoxy groups -OCH3 is 1. The number of rotatable bonds is 5. The molecule has 2 rings (SSSR count). The number of hydrogen-bond donors (Lipinski definition) is 2. The average Bonchev–Trinajstić information content (AvgIpc) is 2.96. The molecule has 1 amide bonds. The van der Waals surface area contributed by atoms with E-state index in [0.717, 1.165) is 0 Å². The molecule has 0 fully saturated rings. The second-order valence-corrected chi connectivity index (χ2v) is 3.91. The number of aromatic amines is 1. The fourth-order valence-corrected chi connectivity index (χ4v) is 1.52. The van der Waals surface area contributed by atoms with Crippen LogP contribution in [-0.2, 0) is 4.74 Å². The lowest BCUT2D eigenvalue weighted by atomic mass is 10.2. The molecule has 110 valence electrons. The lowest BCUT2D eigenvalue weighted by Gasteiger charge is -2.02. The van der Waals surface area contributed by atoms with Gasteiger partial charge < -0.3 is 9.47 Å². The van der Waals surface area contributed by atoms with Crippen molar-refractivity contribution in [2.75, 3.05) is 19.0 Å². The SMILES string of the molecule is CCOC(=O)c1nc(NC(=O)c2ccc(OC)cc2)n[nH]1. The first-order valence-electron chi connectivity index (χ1n) is 6.19. The Hall–Kier alpha value is -2.90. The number of aromatic nitrogens is 3. The van der Waals surface area contributed by atoms with Crippen LogP contribution in [0.15, 0.2) is 24.3 Å². The van der Waals surface area contributed by atoms with Gasteiger partial charge in [-0.25, -0.2) is 4.79 Å². The molecular formula is C13H14N4O4. The van der Waals surface area contributed by atoms with Crippen molar-refractivity contribution >= 4 is 17.8 Å². The van der Waals surface area contributed by atoms with Crippen molar-refractivity contribution in [3.05, 3.63) is 35.7 Å². The van der Waals surface area contributed by atoms with Crippen LogP contribution in [0.1, 0.15) is 27.9 Å². The van der Waals surface area contributed by atoms with Crippen LogP contribution in [0.4, 0.5) is 5.95 Å². The second kappa shape index (κ2) is 6.51. The van der Waals surface area contributed by atoms with E-state index in [9.17, 15) is 9.59 Å². The van der Waals surface area contributed by atoms with Crippen molar-refractivity contribution in [2.45, 2.75) is 6.92 Å². The Balaban J connectivity index is 2.03. The van der Waals surface area contributed by atoms with Gasteiger partial charge in [0.25, 0.3) is 5.91 Å². The number of ether oxygens (including phenoxy) is 2. The Morgan fingerprint density at radius 3 is 2.62 bits per heavy atom. The third-order valence-electron chi connectivity index (χ3n) is 2.53. The molecule has 1 aromatic carbocycles. The minimum atomic E-state index is -0.630. The first-order chi connectivity index (χ1) is 10.1. The number of carbonyl (C=O) groups excluding carboxylic acids is 2. The maximum atomic E-state index is 12.0. The molecule has 0 aliphatic rings. The molecule has 0 bridgehead atoms. The molecule has 0 radical (unpaired) electrons. The third-order valence-corrected chi connectivity index (χ3v) is 2.53. The molecule has 8 heteroatoms. The summed E-state index contributed by atoms with van der Waals surface area (Å²) in [6.07, 6.45) is 0. The highest BCUT2D eigenvalue weighted by molar-refractivity contribution is 6.03. The van der Waals surface area contributed by atoms with Gasteiger partial charge in [0, 0.05) is 5.56 Å². The van der Waals surface area contributed by atoms with Crippen LogP contribution < -0.4 is 10.1 Å². The molecule has 0 saturated carbocycles. The quantitative estimate of drug-likeness (QED) is 0.802. The summed E-state index contributed by atoms with van der Waals surface area (Å²) in [4.78, 5) is 27.2. The number of benzene rings is 1. The summed E-state index contributed by atoms with van der Waals surface area (Å²) >= 11 is 0. The second-order valence-electron chi connectivity index (χ2n) is 3.91. The zero-order valence-corrected chi connectivity index (χ0v) is 11.5. The number of nitrogens with zero attached hydrogens (tertiary/aromatic N) is 2. The minimum absolute atomic E-state index is 0.00105. The maximum absolute atomic E-state index is 12.0. The molecule has 0 spiro atoms. The molecule has 1 aromatic heterocycles. The minimum Gasteiger partial charge on any atom is -0.497 e. The number of carbonyl (C=O) groups is 2. The molecule has 0 atom stereocenters. The smallest absolute Gasteiger partial charge is 0.375 e. The highest BCUT2D eigenvalue weighted by Crippen LogP contribution is 2.12. The highest BCUT2D eigenvalue weighted by atomic mass is 16.5. The van der Waals surface area contributed by atoms with E-state index < -0.39 is 11.9 Å².